The summed E-state index contributed by atoms with van der Waals surface area (Å²) in [5.41, 5.74) is 1.23. The summed E-state index contributed by atoms with van der Waals surface area (Å²) in [6.07, 6.45) is 1.65. The monoisotopic (exact) mass is 257 g/mol. The highest BCUT2D eigenvalue weighted by molar-refractivity contribution is 5.56. The standard InChI is InChI=1S/C12H11N5O2/c1-14-8-10-4-5-16(15-10)11-3-2-9(7-13)6-12(11)17(18)19/h2-6,14H,8H2,1H3. The number of rotatable bonds is 4. The molecule has 1 N–H and O–H groups in total. The molecule has 0 aliphatic carbocycles. The minimum Gasteiger partial charge on any atom is -0.314 e. The molecule has 0 saturated heterocycles. The summed E-state index contributed by atoms with van der Waals surface area (Å²) in [6, 6.07) is 7.95. The molecule has 0 aliphatic rings. The van der Waals surface area contributed by atoms with Crippen molar-refractivity contribution in [1.82, 2.24) is 15.1 Å². The van der Waals surface area contributed by atoms with Gasteiger partial charge in [-0.2, -0.15) is 10.4 Å². The zero-order valence-electron chi connectivity index (χ0n) is 10.2. The Bertz CT molecular complexity index is 656. The first-order valence-electron chi connectivity index (χ1n) is 5.53. The molecule has 19 heavy (non-hydrogen) atoms. The minimum atomic E-state index is -0.518. The van der Waals surface area contributed by atoms with Crippen molar-refractivity contribution in [3.05, 3.63) is 51.8 Å². The molecule has 0 unspecified atom stereocenters. The molecule has 96 valence electrons. The Hall–Kier alpha value is -2.72. The number of aromatic nitrogens is 2. The largest absolute Gasteiger partial charge is 0.314 e. The van der Waals surface area contributed by atoms with E-state index in [0.717, 1.165) is 5.69 Å². The fourth-order valence-corrected chi connectivity index (χ4v) is 1.70. The van der Waals surface area contributed by atoms with Crippen LogP contribution in [-0.2, 0) is 6.54 Å². The van der Waals surface area contributed by atoms with Gasteiger partial charge < -0.3 is 5.32 Å². The van der Waals surface area contributed by atoms with Crippen molar-refractivity contribution in [3.63, 3.8) is 0 Å². The number of benzene rings is 1. The van der Waals surface area contributed by atoms with Gasteiger partial charge in [0.2, 0.25) is 0 Å². The maximum Gasteiger partial charge on any atom is 0.296 e. The second kappa shape index (κ2) is 5.29. The third kappa shape index (κ3) is 2.59. The third-order valence-corrected chi connectivity index (χ3v) is 2.55. The summed E-state index contributed by atoms with van der Waals surface area (Å²) in [6.45, 7) is 0.580. The lowest BCUT2D eigenvalue weighted by atomic mass is 10.2. The van der Waals surface area contributed by atoms with Crippen LogP contribution in [0.25, 0.3) is 5.69 Å². The van der Waals surface area contributed by atoms with Gasteiger partial charge in [-0.15, -0.1) is 0 Å². The quantitative estimate of drug-likeness (QED) is 0.659. The van der Waals surface area contributed by atoms with Crippen LogP contribution in [0.4, 0.5) is 5.69 Å². The first-order valence-corrected chi connectivity index (χ1v) is 5.53. The fraction of sp³-hybridized carbons (Fsp3) is 0.167. The van der Waals surface area contributed by atoms with Crippen LogP contribution in [0, 0.1) is 21.4 Å². The van der Waals surface area contributed by atoms with E-state index in [0.29, 0.717) is 12.2 Å². The Morgan fingerprint density at radius 3 is 2.95 bits per heavy atom. The molecule has 0 radical (unpaired) electrons. The summed E-state index contributed by atoms with van der Waals surface area (Å²) >= 11 is 0. The van der Waals surface area contributed by atoms with Crippen LogP contribution in [0.5, 0.6) is 0 Å². The van der Waals surface area contributed by atoms with Crippen LogP contribution < -0.4 is 5.32 Å². The number of nitriles is 1. The van der Waals surface area contributed by atoms with Gasteiger partial charge in [-0.3, -0.25) is 10.1 Å². The maximum absolute atomic E-state index is 11.0. The van der Waals surface area contributed by atoms with E-state index in [1.165, 1.54) is 22.9 Å². The average Bonchev–Trinajstić information content (AvgIpc) is 2.87. The molecule has 0 amide bonds. The Morgan fingerprint density at radius 1 is 1.53 bits per heavy atom. The number of nitro groups is 1. The predicted molar refractivity (Wildman–Crippen MR) is 67.7 cm³/mol. The van der Waals surface area contributed by atoms with Crippen molar-refractivity contribution in [2.24, 2.45) is 0 Å². The second-order valence-electron chi connectivity index (χ2n) is 3.85. The van der Waals surface area contributed by atoms with Gasteiger partial charge in [0, 0.05) is 18.8 Å². The third-order valence-electron chi connectivity index (χ3n) is 2.55. The first-order chi connectivity index (χ1) is 9.15. The Balaban J connectivity index is 2.48. The van der Waals surface area contributed by atoms with E-state index in [9.17, 15) is 10.1 Å². The van der Waals surface area contributed by atoms with E-state index in [4.69, 9.17) is 5.26 Å². The van der Waals surface area contributed by atoms with Crippen molar-refractivity contribution in [1.29, 1.82) is 5.26 Å². The minimum absolute atomic E-state index is 0.141. The zero-order valence-corrected chi connectivity index (χ0v) is 10.2. The molecule has 0 fully saturated rings. The molecule has 1 heterocycles. The van der Waals surface area contributed by atoms with Gasteiger partial charge >= 0.3 is 0 Å². The summed E-state index contributed by atoms with van der Waals surface area (Å²) < 4.78 is 1.44. The molecule has 2 rings (SSSR count). The summed E-state index contributed by atoms with van der Waals surface area (Å²) in [5, 5.41) is 27.0. The van der Waals surface area contributed by atoms with Gasteiger partial charge in [-0.1, -0.05) is 0 Å². The van der Waals surface area contributed by atoms with Gasteiger partial charge in [-0.25, -0.2) is 4.68 Å². The number of nitrogens with one attached hydrogen (secondary N) is 1. The maximum atomic E-state index is 11.0. The molecule has 2 aromatic rings. The lowest BCUT2D eigenvalue weighted by Crippen LogP contribution is -2.07. The van der Waals surface area contributed by atoms with Crippen molar-refractivity contribution in [2.45, 2.75) is 6.54 Å². The van der Waals surface area contributed by atoms with Crippen LogP contribution in [-0.4, -0.2) is 21.8 Å². The molecule has 7 nitrogen and oxygen atoms in total. The van der Waals surface area contributed by atoms with E-state index in [2.05, 4.69) is 10.4 Å². The molecule has 0 saturated carbocycles. The summed E-state index contributed by atoms with van der Waals surface area (Å²) in [7, 11) is 1.79. The van der Waals surface area contributed by atoms with Gasteiger partial charge in [0.25, 0.3) is 5.69 Å². The van der Waals surface area contributed by atoms with E-state index in [1.54, 1.807) is 19.3 Å². The van der Waals surface area contributed by atoms with Gasteiger partial charge in [0.05, 0.1) is 22.2 Å². The topological polar surface area (TPSA) is 96.8 Å². The molecule has 0 atom stereocenters. The Morgan fingerprint density at radius 2 is 2.32 bits per heavy atom. The highest BCUT2D eigenvalue weighted by atomic mass is 16.6. The average molecular weight is 257 g/mol. The molecular formula is C12H11N5O2. The number of hydrogen-bond acceptors (Lipinski definition) is 5. The van der Waals surface area contributed by atoms with Crippen molar-refractivity contribution in [3.8, 4) is 11.8 Å². The molecule has 1 aromatic heterocycles. The molecule has 1 aromatic carbocycles. The van der Waals surface area contributed by atoms with E-state index in [1.807, 2.05) is 6.07 Å². The molecule has 0 spiro atoms. The van der Waals surface area contributed by atoms with Crippen LogP contribution >= 0.6 is 0 Å². The predicted octanol–water partition coefficient (Wildman–Crippen LogP) is 1.37. The Labute approximate surface area is 109 Å². The molecular weight excluding hydrogens is 246 g/mol. The van der Waals surface area contributed by atoms with Crippen LogP contribution in [0.2, 0.25) is 0 Å². The second-order valence-corrected chi connectivity index (χ2v) is 3.85. The number of nitrogens with zero attached hydrogens (tertiary/aromatic N) is 4. The van der Waals surface area contributed by atoms with Crippen LogP contribution in [0.3, 0.4) is 0 Å². The van der Waals surface area contributed by atoms with E-state index >= 15 is 0 Å². The molecule has 7 heteroatoms. The van der Waals surface area contributed by atoms with Crippen LogP contribution in [0.15, 0.2) is 30.5 Å². The number of hydrogen-bond donors (Lipinski definition) is 1. The smallest absolute Gasteiger partial charge is 0.296 e. The van der Waals surface area contributed by atoms with E-state index < -0.39 is 4.92 Å². The zero-order chi connectivity index (χ0) is 13.8. The SMILES string of the molecule is CNCc1ccn(-c2ccc(C#N)cc2[N+](=O)[O-])n1. The van der Waals surface area contributed by atoms with Crippen molar-refractivity contribution >= 4 is 5.69 Å². The highest BCUT2D eigenvalue weighted by Gasteiger charge is 2.17. The normalized spacial score (nSPS) is 10.1. The summed E-state index contributed by atoms with van der Waals surface area (Å²) in [4.78, 5) is 10.5. The van der Waals surface area contributed by atoms with Gasteiger partial charge in [-0.05, 0) is 25.2 Å². The fourth-order valence-electron chi connectivity index (χ4n) is 1.70. The van der Waals surface area contributed by atoms with Crippen LogP contribution in [0.1, 0.15) is 11.3 Å². The van der Waals surface area contributed by atoms with Crippen molar-refractivity contribution < 1.29 is 4.92 Å². The summed E-state index contributed by atoms with van der Waals surface area (Å²) in [5.74, 6) is 0. The van der Waals surface area contributed by atoms with Gasteiger partial charge in [0.1, 0.15) is 5.69 Å². The van der Waals surface area contributed by atoms with Gasteiger partial charge in [0.15, 0.2) is 0 Å². The molecule has 0 bridgehead atoms. The highest BCUT2D eigenvalue weighted by Crippen LogP contribution is 2.23. The van der Waals surface area contributed by atoms with E-state index in [-0.39, 0.29) is 11.3 Å². The van der Waals surface area contributed by atoms with Crippen molar-refractivity contribution in [2.75, 3.05) is 7.05 Å². The number of nitro benzene ring substituents is 1. The lowest BCUT2D eigenvalue weighted by Gasteiger charge is -2.03. The lowest BCUT2D eigenvalue weighted by molar-refractivity contribution is -0.384. The first kappa shape index (κ1) is 12.7. The Kier molecular flexibility index (Phi) is 3.54. The molecule has 0 aliphatic heterocycles.